The smallest absolute Gasteiger partial charge is 0.417 e. The second-order valence-electron chi connectivity index (χ2n) is 11.5. The van der Waals surface area contributed by atoms with Crippen LogP contribution in [0.2, 0.25) is 5.02 Å². The zero-order chi connectivity index (χ0) is 37.2. The van der Waals surface area contributed by atoms with E-state index in [1.807, 2.05) is 65.6 Å². The molecule has 51 heavy (non-hydrogen) atoms. The lowest BCUT2D eigenvalue weighted by atomic mass is 9.90. The van der Waals surface area contributed by atoms with Crippen molar-refractivity contribution >= 4 is 33.4 Å². The number of esters is 1. The number of halogens is 5. The minimum Gasteiger partial charge on any atom is -0.493 e. The second-order valence-corrected chi connectivity index (χ2v) is 13.9. The standard InChI is InChI=1S/C37H34ClF4NO7S/c1-51(47,48)33-21-28(20-32(39)30(33)24-50-35(46)17-16-34(44)45)49-19-9-18-43(22-27-14-8-15-31(36(27)38)37(40,41)42)23-29(25-10-4-2-5-11-25)26-12-6-3-7-13-26/h2-8,10-17,20-21,29H,9,18-19,22-24H2,1H3,(H,44,45). The Hall–Kier alpha value is -4.72. The van der Waals surface area contributed by atoms with Crippen molar-refractivity contribution < 1.29 is 50.1 Å². The SMILES string of the molecule is CS(=O)(=O)c1cc(OCCCN(Cc2cccc(C(F)(F)F)c2Cl)CC(c2ccccc2)c2ccccc2)cc(F)c1COC(=O)C=CC(=O)O. The van der Waals surface area contributed by atoms with Crippen molar-refractivity contribution in [3.63, 3.8) is 0 Å². The molecular weight excluding hydrogens is 714 g/mol. The molecule has 0 aliphatic carbocycles. The van der Waals surface area contributed by atoms with Gasteiger partial charge in [0.1, 0.15) is 18.2 Å². The predicted molar refractivity (Wildman–Crippen MR) is 183 cm³/mol. The van der Waals surface area contributed by atoms with Gasteiger partial charge in [0.2, 0.25) is 0 Å². The summed E-state index contributed by atoms with van der Waals surface area (Å²) < 4.78 is 91.9. The Kier molecular flexibility index (Phi) is 13.4. The van der Waals surface area contributed by atoms with E-state index < -0.39 is 61.4 Å². The summed E-state index contributed by atoms with van der Waals surface area (Å²) in [4.78, 5) is 23.9. The Morgan fingerprint density at radius 3 is 2.14 bits per heavy atom. The molecule has 1 N–H and O–H groups in total. The molecule has 0 fully saturated rings. The van der Waals surface area contributed by atoms with Crippen LogP contribution in [0.25, 0.3) is 0 Å². The zero-order valence-electron chi connectivity index (χ0n) is 27.3. The van der Waals surface area contributed by atoms with Gasteiger partial charge in [0.15, 0.2) is 9.84 Å². The van der Waals surface area contributed by atoms with Gasteiger partial charge in [-0.2, -0.15) is 13.2 Å². The van der Waals surface area contributed by atoms with Crippen molar-refractivity contribution in [2.45, 2.75) is 36.6 Å². The third-order valence-electron chi connectivity index (χ3n) is 7.76. The topological polar surface area (TPSA) is 110 Å². The highest BCUT2D eigenvalue weighted by atomic mass is 35.5. The lowest BCUT2D eigenvalue weighted by Crippen LogP contribution is -2.31. The highest BCUT2D eigenvalue weighted by Gasteiger charge is 2.34. The molecular formula is C37H34ClF4NO7S. The van der Waals surface area contributed by atoms with E-state index in [0.717, 1.165) is 35.6 Å². The van der Waals surface area contributed by atoms with Gasteiger partial charge < -0.3 is 14.6 Å². The molecule has 0 aliphatic rings. The van der Waals surface area contributed by atoms with Gasteiger partial charge in [-0.3, -0.25) is 4.90 Å². The minimum atomic E-state index is -4.64. The molecule has 0 unspecified atom stereocenters. The summed E-state index contributed by atoms with van der Waals surface area (Å²) in [7, 11) is -4.04. The van der Waals surface area contributed by atoms with Crippen LogP contribution in [0.3, 0.4) is 0 Å². The fourth-order valence-corrected chi connectivity index (χ4v) is 6.61. The number of nitrogens with zero attached hydrogens (tertiary/aromatic N) is 1. The van der Waals surface area contributed by atoms with Crippen LogP contribution in [0, 0.1) is 5.82 Å². The zero-order valence-corrected chi connectivity index (χ0v) is 28.8. The normalized spacial score (nSPS) is 12.1. The maximum atomic E-state index is 15.2. The van der Waals surface area contributed by atoms with E-state index >= 15 is 4.39 Å². The number of benzene rings is 4. The summed E-state index contributed by atoms with van der Waals surface area (Å²) in [6, 6.07) is 25.1. The Bertz CT molecular complexity index is 1920. The van der Waals surface area contributed by atoms with Gasteiger partial charge in [-0.25, -0.2) is 22.4 Å². The summed E-state index contributed by atoms with van der Waals surface area (Å²) in [6.07, 6.45) is -2.38. The van der Waals surface area contributed by atoms with Gasteiger partial charge in [0.05, 0.1) is 22.1 Å². The van der Waals surface area contributed by atoms with E-state index in [0.29, 0.717) is 31.7 Å². The average molecular weight is 748 g/mol. The molecule has 0 saturated heterocycles. The average Bonchev–Trinajstić information content (AvgIpc) is 3.07. The highest BCUT2D eigenvalue weighted by molar-refractivity contribution is 7.90. The van der Waals surface area contributed by atoms with Crippen molar-refractivity contribution in [2.75, 3.05) is 26.0 Å². The summed E-state index contributed by atoms with van der Waals surface area (Å²) in [6.45, 7) is -0.0368. The number of carboxylic acids is 1. The Morgan fingerprint density at radius 2 is 1.57 bits per heavy atom. The van der Waals surface area contributed by atoms with E-state index in [-0.39, 0.29) is 30.4 Å². The number of carbonyl (C=O) groups excluding carboxylic acids is 1. The van der Waals surface area contributed by atoms with Crippen molar-refractivity contribution in [2.24, 2.45) is 0 Å². The Balaban J connectivity index is 1.55. The van der Waals surface area contributed by atoms with E-state index in [9.17, 15) is 31.2 Å². The van der Waals surface area contributed by atoms with Gasteiger partial charge >= 0.3 is 18.1 Å². The lowest BCUT2D eigenvalue weighted by molar-refractivity contribution is -0.140. The van der Waals surface area contributed by atoms with Crippen molar-refractivity contribution in [1.82, 2.24) is 4.90 Å². The first-order valence-electron chi connectivity index (χ1n) is 15.5. The number of rotatable bonds is 16. The first-order valence-corrected chi connectivity index (χ1v) is 17.8. The molecule has 0 amide bonds. The van der Waals surface area contributed by atoms with Crippen molar-refractivity contribution in [3.05, 3.63) is 142 Å². The Morgan fingerprint density at radius 1 is 0.941 bits per heavy atom. The molecule has 0 aliphatic heterocycles. The summed E-state index contributed by atoms with van der Waals surface area (Å²) >= 11 is 6.29. The van der Waals surface area contributed by atoms with E-state index in [1.165, 1.54) is 12.1 Å². The van der Waals surface area contributed by atoms with Crippen LogP contribution >= 0.6 is 11.6 Å². The van der Waals surface area contributed by atoms with Crippen LogP contribution in [0.5, 0.6) is 5.75 Å². The molecule has 4 rings (SSSR count). The van der Waals surface area contributed by atoms with E-state index in [2.05, 4.69) is 0 Å². The number of hydrogen-bond donors (Lipinski definition) is 1. The molecule has 0 spiro atoms. The lowest BCUT2D eigenvalue weighted by Gasteiger charge is -2.29. The van der Waals surface area contributed by atoms with Crippen LogP contribution in [0.4, 0.5) is 17.6 Å². The Labute approximate surface area is 297 Å². The number of carboxylic acid groups (broad SMARTS) is 1. The van der Waals surface area contributed by atoms with Gasteiger partial charge in [-0.15, -0.1) is 0 Å². The number of ether oxygens (including phenoxy) is 2. The molecule has 0 heterocycles. The number of aliphatic carboxylic acids is 1. The molecule has 4 aromatic rings. The molecule has 4 aromatic carbocycles. The monoisotopic (exact) mass is 747 g/mol. The molecule has 8 nitrogen and oxygen atoms in total. The van der Waals surface area contributed by atoms with Gasteiger partial charge in [-0.05, 0) is 35.2 Å². The molecule has 14 heteroatoms. The number of carbonyl (C=O) groups is 2. The molecule has 0 saturated carbocycles. The number of hydrogen-bond acceptors (Lipinski definition) is 7. The fraction of sp³-hybridized carbons (Fsp3) is 0.243. The summed E-state index contributed by atoms with van der Waals surface area (Å²) in [5, 5.41) is 8.25. The van der Waals surface area contributed by atoms with E-state index in [1.54, 1.807) is 0 Å². The van der Waals surface area contributed by atoms with Gasteiger partial charge in [0.25, 0.3) is 0 Å². The van der Waals surface area contributed by atoms with Gasteiger partial charge in [-0.1, -0.05) is 84.4 Å². The maximum absolute atomic E-state index is 15.2. The van der Waals surface area contributed by atoms with Crippen LogP contribution in [0.1, 0.15) is 40.2 Å². The first-order chi connectivity index (χ1) is 24.1. The maximum Gasteiger partial charge on any atom is 0.417 e. The third-order valence-corrected chi connectivity index (χ3v) is 9.37. The van der Waals surface area contributed by atoms with E-state index in [4.69, 9.17) is 26.2 Å². The molecule has 0 radical (unpaired) electrons. The quantitative estimate of drug-likeness (QED) is 0.0538. The summed E-state index contributed by atoms with van der Waals surface area (Å²) in [5.41, 5.74) is 0.882. The molecule has 0 bridgehead atoms. The minimum absolute atomic E-state index is 0.0227. The summed E-state index contributed by atoms with van der Waals surface area (Å²) in [5.74, 6) is -3.84. The molecule has 270 valence electrons. The number of alkyl halides is 3. The molecule has 0 atom stereocenters. The number of sulfone groups is 1. The second kappa shape index (κ2) is 17.5. The highest BCUT2D eigenvalue weighted by Crippen LogP contribution is 2.37. The third kappa shape index (κ3) is 11.4. The largest absolute Gasteiger partial charge is 0.493 e. The fourth-order valence-electron chi connectivity index (χ4n) is 5.38. The van der Waals surface area contributed by atoms with Crippen molar-refractivity contribution in [1.29, 1.82) is 0 Å². The van der Waals surface area contributed by atoms with Crippen LogP contribution < -0.4 is 4.74 Å². The van der Waals surface area contributed by atoms with Crippen LogP contribution in [0.15, 0.2) is 108 Å². The first kappa shape index (κ1) is 39.1. The van der Waals surface area contributed by atoms with Crippen LogP contribution in [-0.4, -0.2) is 56.3 Å². The van der Waals surface area contributed by atoms with Crippen molar-refractivity contribution in [3.8, 4) is 5.75 Å². The van der Waals surface area contributed by atoms with Crippen LogP contribution in [-0.2, 0) is 43.5 Å². The van der Waals surface area contributed by atoms with Gasteiger partial charge in [0, 0.05) is 55.6 Å². The molecule has 0 aromatic heterocycles. The predicted octanol–water partition coefficient (Wildman–Crippen LogP) is 7.69.